The number of hydrogen-bond acceptors (Lipinski definition) is 4. The van der Waals surface area contributed by atoms with E-state index in [0.717, 1.165) is 50.5 Å². The molecule has 0 N–H and O–H groups in total. The summed E-state index contributed by atoms with van der Waals surface area (Å²) in [6.07, 6.45) is 8.37. The van der Waals surface area contributed by atoms with Crippen LogP contribution in [0.15, 0.2) is 18.2 Å². The van der Waals surface area contributed by atoms with Gasteiger partial charge in [0.2, 0.25) is 5.91 Å². The summed E-state index contributed by atoms with van der Waals surface area (Å²) in [6.45, 7) is 2.89. The van der Waals surface area contributed by atoms with Crippen molar-refractivity contribution in [3.8, 4) is 11.5 Å². The lowest BCUT2D eigenvalue weighted by molar-refractivity contribution is -0.160. The minimum absolute atomic E-state index is 0.0627. The third kappa shape index (κ3) is 4.07. The van der Waals surface area contributed by atoms with Gasteiger partial charge in [0.25, 0.3) is 5.91 Å². The molecule has 6 heteroatoms. The van der Waals surface area contributed by atoms with Crippen LogP contribution in [0.25, 0.3) is 0 Å². The summed E-state index contributed by atoms with van der Waals surface area (Å²) < 4.78 is 11.3. The van der Waals surface area contributed by atoms with Crippen LogP contribution >= 0.6 is 0 Å². The van der Waals surface area contributed by atoms with E-state index in [0.29, 0.717) is 18.1 Å². The largest absolute Gasteiger partial charge is 0.493 e. The van der Waals surface area contributed by atoms with Crippen LogP contribution in [0.4, 0.5) is 0 Å². The van der Waals surface area contributed by atoms with Crippen LogP contribution in [0.5, 0.6) is 11.5 Å². The highest BCUT2D eigenvalue weighted by molar-refractivity contribution is 5.96. The van der Waals surface area contributed by atoms with Gasteiger partial charge in [-0.25, -0.2) is 0 Å². The zero-order chi connectivity index (χ0) is 20.4. The number of carbonyl (C=O) groups excluding carboxylic acids is 2. The van der Waals surface area contributed by atoms with Gasteiger partial charge >= 0.3 is 0 Å². The van der Waals surface area contributed by atoms with Crippen molar-refractivity contribution in [1.29, 1.82) is 0 Å². The zero-order valence-electron chi connectivity index (χ0n) is 17.6. The average Bonchev–Trinajstić information content (AvgIpc) is 3.59. The minimum Gasteiger partial charge on any atom is -0.493 e. The Labute approximate surface area is 173 Å². The minimum atomic E-state index is -0.556. The predicted octanol–water partition coefficient (Wildman–Crippen LogP) is 3.69. The maximum absolute atomic E-state index is 13.6. The molecule has 1 atom stereocenters. The molecule has 2 amide bonds. The molecule has 1 aromatic carbocycles. The molecule has 1 heterocycles. The van der Waals surface area contributed by atoms with E-state index in [9.17, 15) is 9.59 Å². The van der Waals surface area contributed by atoms with Crippen LogP contribution in [-0.2, 0) is 9.59 Å². The number of hydrogen-bond donors (Lipinski definition) is 0. The van der Waals surface area contributed by atoms with Gasteiger partial charge in [0.1, 0.15) is 12.6 Å². The number of nitrogens with zero attached hydrogens (tertiary/aromatic N) is 2. The number of amides is 2. The van der Waals surface area contributed by atoms with Crippen molar-refractivity contribution in [1.82, 2.24) is 9.80 Å². The molecule has 0 unspecified atom stereocenters. The molecule has 0 bridgehead atoms. The van der Waals surface area contributed by atoms with E-state index < -0.39 is 6.04 Å². The van der Waals surface area contributed by atoms with Crippen molar-refractivity contribution in [3.05, 3.63) is 23.8 Å². The fourth-order valence-corrected chi connectivity index (χ4v) is 4.68. The predicted molar refractivity (Wildman–Crippen MR) is 110 cm³/mol. The van der Waals surface area contributed by atoms with Crippen molar-refractivity contribution in [2.75, 3.05) is 20.3 Å². The first-order valence-electron chi connectivity index (χ1n) is 11.1. The van der Waals surface area contributed by atoms with Crippen molar-refractivity contribution in [2.45, 2.75) is 76.4 Å². The molecule has 0 aromatic heterocycles. The number of carbonyl (C=O) groups is 2. The molecule has 1 aromatic rings. The van der Waals surface area contributed by atoms with Gasteiger partial charge in [0.05, 0.1) is 13.7 Å². The second-order valence-corrected chi connectivity index (χ2v) is 8.45. The lowest BCUT2D eigenvalue weighted by Gasteiger charge is -2.44. The lowest BCUT2D eigenvalue weighted by atomic mass is 9.91. The lowest BCUT2D eigenvalue weighted by Crippen LogP contribution is -2.59. The number of ether oxygens (including phenoxy) is 2. The van der Waals surface area contributed by atoms with Crippen molar-refractivity contribution >= 4 is 11.8 Å². The average molecular weight is 401 g/mol. The highest BCUT2D eigenvalue weighted by Gasteiger charge is 2.48. The molecule has 1 saturated heterocycles. The van der Waals surface area contributed by atoms with E-state index in [2.05, 4.69) is 6.92 Å². The second-order valence-electron chi connectivity index (χ2n) is 8.45. The smallest absolute Gasteiger partial charge is 0.250 e. The molecule has 0 spiro atoms. The Bertz CT molecular complexity index is 755. The summed E-state index contributed by atoms with van der Waals surface area (Å²) in [5, 5.41) is 0. The van der Waals surface area contributed by atoms with Gasteiger partial charge in [0.15, 0.2) is 11.5 Å². The fourth-order valence-electron chi connectivity index (χ4n) is 4.68. The first-order chi connectivity index (χ1) is 14.1. The Balaban J connectivity index is 1.65. The van der Waals surface area contributed by atoms with Gasteiger partial charge in [0, 0.05) is 12.1 Å². The number of piperazine rings is 1. The van der Waals surface area contributed by atoms with Gasteiger partial charge in [-0.1, -0.05) is 32.3 Å². The molecular formula is C23H32N2O4. The number of rotatable bonds is 7. The van der Waals surface area contributed by atoms with Crippen LogP contribution in [0.2, 0.25) is 0 Å². The van der Waals surface area contributed by atoms with E-state index in [4.69, 9.17) is 9.47 Å². The van der Waals surface area contributed by atoms with Crippen molar-refractivity contribution in [3.63, 3.8) is 0 Å². The van der Waals surface area contributed by atoms with Gasteiger partial charge in [-0.2, -0.15) is 0 Å². The van der Waals surface area contributed by atoms with Crippen LogP contribution in [0.1, 0.15) is 69.9 Å². The molecular weight excluding hydrogens is 368 g/mol. The highest BCUT2D eigenvalue weighted by Crippen LogP contribution is 2.41. The van der Waals surface area contributed by atoms with Crippen LogP contribution < -0.4 is 9.47 Å². The maximum Gasteiger partial charge on any atom is 0.250 e. The molecule has 3 fully saturated rings. The molecule has 6 nitrogen and oxygen atoms in total. The number of benzene rings is 1. The normalized spacial score (nSPS) is 23.4. The van der Waals surface area contributed by atoms with Crippen molar-refractivity contribution in [2.24, 2.45) is 0 Å². The van der Waals surface area contributed by atoms with Gasteiger partial charge < -0.3 is 19.3 Å². The summed E-state index contributed by atoms with van der Waals surface area (Å²) in [5.41, 5.74) is 0.816. The Kier molecular flexibility index (Phi) is 5.97. The number of methoxy groups -OCH3 is 1. The Morgan fingerprint density at radius 2 is 1.76 bits per heavy atom. The summed E-state index contributed by atoms with van der Waals surface area (Å²) in [7, 11) is 1.61. The van der Waals surface area contributed by atoms with E-state index in [1.165, 1.54) is 6.42 Å². The Morgan fingerprint density at radius 3 is 2.41 bits per heavy atom. The standard InChI is InChI=1S/C23H32N2O4/c1-3-13-29-19-12-9-16(14-20(19)28-2)22-23(27)24(17-7-5-4-6-8-17)15-21(26)25(22)18-10-11-18/h9,12,14,17-18,22H,3-8,10-11,13,15H2,1-2H3/t22-/m1/s1. The quantitative estimate of drug-likeness (QED) is 0.700. The fraction of sp³-hybridized carbons (Fsp3) is 0.652. The first kappa shape index (κ1) is 20.0. The van der Waals surface area contributed by atoms with E-state index in [-0.39, 0.29) is 30.4 Å². The maximum atomic E-state index is 13.6. The zero-order valence-corrected chi connectivity index (χ0v) is 17.6. The van der Waals surface area contributed by atoms with Gasteiger partial charge in [-0.05, 0) is 49.8 Å². The molecule has 1 aliphatic heterocycles. The van der Waals surface area contributed by atoms with Gasteiger partial charge in [-0.3, -0.25) is 9.59 Å². The molecule has 29 heavy (non-hydrogen) atoms. The third-order valence-corrected chi connectivity index (χ3v) is 6.31. The SMILES string of the molecule is CCCOc1ccc([C@@H]2C(=O)N(C3CCCCC3)CC(=O)N2C2CC2)cc1OC. The second kappa shape index (κ2) is 8.64. The molecule has 2 aliphatic carbocycles. The monoisotopic (exact) mass is 400 g/mol. The Hall–Kier alpha value is -2.24. The van der Waals surface area contributed by atoms with E-state index in [1.54, 1.807) is 7.11 Å². The molecule has 4 rings (SSSR count). The van der Waals surface area contributed by atoms with E-state index >= 15 is 0 Å². The highest BCUT2D eigenvalue weighted by atomic mass is 16.5. The first-order valence-corrected chi connectivity index (χ1v) is 11.1. The third-order valence-electron chi connectivity index (χ3n) is 6.31. The van der Waals surface area contributed by atoms with Gasteiger partial charge in [-0.15, -0.1) is 0 Å². The molecule has 3 aliphatic rings. The Morgan fingerprint density at radius 1 is 1.00 bits per heavy atom. The van der Waals surface area contributed by atoms with E-state index in [1.807, 2.05) is 28.0 Å². The summed E-state index contributed by atoms with van der Waals surface area (Å²) in [4.78, 5) is 30.4. The van der Waals surface area contributed by atoms with Crippen LogP contribution in [-0.4, -0.2) is 54.0 Å². The molecule has 2 saturated carbocycles. The summed E-state index contributed by atoms with van der Waals surface area (Å²) >= 11 is 0. The van der Waals surface area contributed by atoms with Crippen molar-refractivity contribution < 1.29 is 19.1 Å². The summed E-state index contributed by atoms with van der Waals surface area (Å²) in [6, 6.07) is 5.49. The summed E-state index contributed by atoms with van der Waals surface area (Å²) in [5.74, 6) is 1.43. The topological polar surface area (TPSA) is 59.1 Å². The molecule has 158 valence electrons. The van der Waals surface area contributed by atoms with Crippen LogP contribution in [0.3, 0.4) is 0 Å². The molecule has 0 radical (unpaired) electrons. The van der Waals surface area contributed by atoms with Crippen LogP contribution in [0, 0.1) is 0 Å².